The molecule has 0 aliphatic rings. The van der Waals surface area contributed by atoms with Crippen LogP contribution in [0.5, 0.6) is 17.2 Å². The molecule has 0 atom stereocenters. The Hall–Kier alpha value is -3.02. The van der Waals surface area contributed by atoms with Crippen molar-refractivity contribution in [2.75, 3.05) is 26.9 Å². The summed E-state index contributed by atoms with van der Waals surface area (Å²) in [5, 5.41) is 2.74. The molecule has 0 aliphatic heterocycles. The van der Waals surface area contributed by atoms with Crippen LogP contribution in [0.3, 0.4) is 0 Å². The zero-order valence-corrected chi connectivity index (χ0v) is 15.7. The standard InChI is InChI=1S/C21H25NO5/c1-16(23)3-4-17-5-7-20(8-6-17)27-15-21(24)22-13-14-26-19-11-9-18(25-2)10-12-19/h5-12H,3-4,13-15H2,1-2H3,(H,22,24). The van der Waals surface area contributed by atoms with Crippen LogP contribution in [0.1, 0.15) is 18.9 Å². The van der Waals surface area contributed by atoms with Gasteiger partial charge in [0.15, 0.2) is 6.61 Å². The third kappa shape index (κ3) is 7.81. The number of hydrogen-bond donors (Lipinski definition) is 1. The number of ether oxygens (including phenoxy) is 3. The van der Waals surface area contributed by atoms with Crippen LogP contribution in [-0.4, -0.2) is 38.6 Å². The lowest BCUT2D eigenvalue weighted by Crippen LogP contribution is -2.32. The third-order valence-corrected chi connectivity index (χ3v) is 3.81. The number of Topliss-reactive ketones (excluding diaryl/α,β-unsaturated/α-hetero) is 1. The monoisotopic (exact) mass is 371 g/mol. The van der Waals surface area contributed by atoms with Gasteiger partial charge in [-0.3, -0.25) is 4.79 Å². The second kappa shape index (κ2) is 10.9. The van der Waals surface area contributed by atoms with Gasteiger partial charge in [0, 0.05) is 6.42 Å². The molecule has 0 aliphatic carbocycles. The predicted octanol–water partition coefficient (Wildman–Crippen LogP) is 2.79. The van der Waals surface area contributed by atoms with E-state index in [4.69, 9.17) is 14.2 Å². The molecule has 0 radical (unpaired) electrons. The first-order chi connectivity index (χ1) is 13.1. The van der Waals surface area contributed by atoms with E-state index in [9.17, 15) is 9.59 Å². The van der Waals surface area contributed by atoms with E-state index in [0.717, 1.165) is 11.3 Å². The fourth-order valence-corrected chi connectivity index (χ4v) is 2.30. The normalized spacial score (nSPS) is 10.1. The van der Waals surface area contributed by atoms with Crippen molar-refractivity contribution in [3.05, 3.63) is 54.1 Å². The number of nitrogens with one attached hydrogen (secondary N) is 1. The van der Waals surface area contributed by atoms with Crippen LogP contribution in [0.2, 0.25) is 0 Å². The summed E-state index contributed by atoms with van der Waals surface area (Å²) in [7, 11) is 1.61. The van der Waals surface area contributed by atoms with E-state index in [1.54, 1.807) is 26.2 Å². The van der Waals surface area contributed by atoms with Gasteiger partial charge in [-0.25, -0.2) is 0 Å². The Labute approximate surface area is 159 Å². The molecular formula is C21H25NO5. The van der Waals surface area contributed by atoms with Crippen molar-refractivity contribution in [2.45, 2.75) is 19.8 Å². The third-order valence-electron chi connectivity index (χ3n) is 3.81. The van der Waals surface area contributed by atoms with Crippen LogP contribution in [-0.2, 0) is 16.0 Å². The van der Waals surface area contributed by atoms with Gasteiger partial charge in [-0.1, -0.05) is 12.1 Å². The van der Waals surface area contributed by atoms with Gasteiger partial charge in [0.25, 0.3) is 5.91 Å². The lowest BCUT2D eigenvalue weighted by Gasteiger charge is -2.09. The van der Waals surface area contributed by atoms with Crippen molar-refractivity contribution in [1.82, 2.24) is 5.32 Å². The Kier molecular flexibility index (Phi) is 8.16. The van der Waals surface area contributed by atoms with Crippen LogP contribution in [0.4, 0.5) is 0 Å². The molecule has 0 spiro atoms. The lowest BCUT2D eigenvalue weighted by molar-refractivity contribution is -0.123. The number of rotatable bonds is 11. The van der Waals surface area contributed by atoms with Gasteiger partial charge in [-0.2, -0.15) is 0 Å². The smallest absolute Gasteiger partial charge is 0.258 e. The van der Waals surface area contributed by atoms with E-state index in [1.807, 2.05) is 36.4 Å². The lowest BCUT2D eigenvalue weighted by atomic mass is 10.1. The van der Waals surface area contributed by atoms with Crippen molar-refractivity contribution in [3.8, 4) is 17.2 Å². The molecule has 2 aromatic carbocycles. The first-order valence-corrected chi connectivity index (χ1v) is 8.81. The molecule has 2 aromatic rings. The summed E-state index contributed by atoms with van der Waals surface area (Å²) in [6.07, 6.45) is 1.24. The molecule has 0 fully saturated rings. The highest BCUT2D eigenvalue weighted by Gasteiger charge is 2.03. The molecule has 0 bridgehead atoms. The maximum atomic E-state index is 11.8. The highest BCUT2D eigenvalue weighted by Crippen LogP contribution is 2.16. The van der Waals surface area contributed by atoms with E-state index in [2.05, 4.69) is 5.32 Å². The van der Waals surface area contributed by atoms with Gasteiger partial charge < -0.3 is 24.3 Å². The highest BCUT2D eigenvalue weighted by molar-refractivity contribution is 5.77. The maximum absolute atomic E-state index is 11.8. The number of amides is 1. The number of ketones is 1. The number of carbonyl (C=O) groups excluding carboxylic acids is 2. The molecule has 6 nitrogen and oxygen atoms in total. The molecule has 0 saturated carbocycles. The Bertz CT molecular complexity index is 725. The van der Waals surface area contributed by atoms with Crippen LogP contribution >= 0.6 is 0 Å². The Morgan fingerprint density at radius 2 is 1.48 bits per heavy atom. The largest absolute Gasteiger partial charge is 0.497 e. The maximum Gasteiger partial charge on any atom is 0.258 e. The SMILES string of the molecule is COc1ccc(OCCNC(=O)COc2ccc(CCC(C)=O)cc2)cc1. The predicted molar refractivity (Wildman–Crippen MR) is 102 cm³/mol. The fraction of sp³-hybridized carbons (Fsp3) is 0.333. The summed E-state index contributed by atoms with van der Waals surface area (Å²) in [5.74, 6) is 2.05. The van der Waals surface area contributed by atoms with Gasteiger partial charge in [0.2, 0.25) is 0 Å². The van der Waals surface area contributed by atoms with Crippen molar-refractivity contribution < 1.29 is 23.8 Å². The first-order valence-electron chi connectivity index (χ1n) is 8.81. The van der Waals surface area contributed by atoms with Crippen molar-refractivity contribution in [2.24, 2.45) is 0 Å². The molecule has 0 aromatic heterocycles. The molecule has 0 heterocycles. The Morgan fingerprint density at radius 1 is 0.889 bits per heavy atom. The summed E-state index contributed by atoms with van der Waals surface area (Å²) in [5.41, 5.74) is 1.07. The Balaban J connectivity index is 1.62. The molecule has 2 rings (SSSR count). The minimum atomic E-state index is -0.214. The quantitative estimate of drug-likeness (QED) is 0.615. The summed E-state index contributed by atoms with van der Waals surface area (Å²) < 4.78 is 16.1. The zero-order chi connectivity index (χ0) is 19.5. The number of benzene rings is 2. The molecule has 6 heteroatoms. The van der Waals surface area contributed by atoms with Gasteiger partial charge in [-0.15, -0.1) is 0 Å². The summed E-state index contributed by atoms with van der Waals surface area (Å²) in [6, 6.07) is 14.6. The van der Waals surface area contributed by atoms with Gasteiger partial charge in [0.1, 0.15) is 29.6 Å². The fourth-order valence-electron chi connectivity index (χ4n) is 2.30. The highest BCUT2D eigenvalue weighted by atomic mass is 16.5. The van der Waals surface area contributed by atoms with Crippen molar-refractivity contribution >= 4 is 11.7 Å². The number of hydrogen-bond acceptors (Lipinski definition) is 5. The van der Waals surface area contributed by atoms with Crippen LogP contribution in [0.15, 0.2) is 48.5 Å². The van der Waals surface area contributed by atoms with E-state index in [-0.39, 0.29) is 18.3 Å². The molecule has 0 unspecified atom stereocenters. The van der Waals surface area contributed by atoms with Crippen molar-refractivity contribution in [1.29, 1.82) is 0 Å². The van der Waals surface area contributed by atoms with Crippen LogP contribution in [0, 0.1) is 0 Å². The second-order valence-corrected chi connectivity index (χ2v) is 6.01. The van der Waals surface area contributed by atoms with Gasteiger partial charge >= 0.3 is 0 Å². The first kappa shape index (κ1) is 20.3. The van der Waals surface area contributed by atoms with Gasteiger partial charge in [-0.05, 0) is 55.3 Å². The topological polar surface area (TPSA) is 73.9 Å². The minimum absolute atomic E-state index is 0.0602. The van der Waals surface area contributed by atoms with Crippen LogP contribution < -0.4 is 19.5 Å². The molecular weight excluding hydrogens is 346 g/mol. The second-order valence-electron chi connectivity index (χ2n) is 6.01. The molecule has 1 amide bonds. The van der Waals surface area contributed by atoms with Crippen LogP contribution in [0.25, 0.3) is 0 Å². The number of carbonyl (C=O) groups is 2. The summed E-state index contributed by atoms with van der Waals surface area (Å²) in [4.78, 5) is 22.8. The van der Waals surface area contributed by atoms with E-state index in [1.165, 1.54) is 0 Å². The van der Waals surface area contributed by atoms with E-state index in [0.29, 0.717) is 37.5 Å². The molecule has 144 valence electrons. The number of aryl methyl sites for hydroxylation is 1. The molecule has 0 saturated heterocycles. The average molecular weight is 371 g/mol. The number of methoxy groups -OCH3 is 1. The zero-order valence-electron chi connectivity index (χ0n) is 15.7. The summed E-state index contributed by atoms with van der Waals surface area (Å²) in [6.45, 7) is 2.27. The average Bonchev–Trinajstić information content (AvgIpc) is 2.69. The van der Waals surface area contributed by atoms with Gasteiger partial charge in [0.05, 0.1) is 13.7 Å². The molecule has 1 N–H and O–H groups in total. The summed E-state index contributed by atoms with van der Waals surface area (Å²) >= 11 is 0. The Morgan fingerprint density at radius 3 is 2.11 bits per heavy atom. The van der Waals surface area contributed by atoms with E-state index >= 15 is 0 Å². The minimum Gasteiger partial charge on any atom is -0.497 e. The van der Waals surface area contributed by atoms with Crippen molar-refractivity contribution in [3.63, 3.8) is 0 Å². The molecule has 27 heavy (non-hydrogen) atoms. The van der Waals surface area contributed by atoms with E-state index < -0.39 is 0 Å².